The van der Waals surface area contributed by atoms with E-state index in [2.05, 4.69) is 20.4 Å². The quantitative estimate of drug-likeness (QED) is 0.336. The van der Waals surface area contributed by atoms with Crippen LogP contribution in [0.3, 0.4) is 0 Å². The first-order valence-electron chi connectivity index (χ1n) is 5.58. The minimum atomic E-state index is -0.320. The minimum Gasteiger partial charge on any atom is -0.460 e. The fraction of sp³-hybridized carbons (Fsp3) is 0.750. The Kier molecular flexibility index (Phi) is 9.18. The zero-order valence-corrected chi connectivity index (χ0v) is 9.83. The standard InChI is InChI=1S/C12H22O3/c1-4-8-15-12(13)10-14-9-7-11(5-2)6-3/h4,11H,1,5-10H2,2-3H3. The molecule has 0 aromatic carbocycles. The van der Waals surface area contributed by atoms with Crippen LogP contribution in [0.2, 0.25) is 0 Å². The molecule has 0 aliphatic rings. The summed E-state index contributed by atoms with van der Waals surface area (Å²) in [4.78, 5) is 11.0. The molecule has 3 nitrogen and oxygen atoms in total. The maximum atomic E-state index is 11.0. The van der Waals surface area contributed by atoms with E-state index in [9.17, 15) is 4.79 Å². The minimum absolute atomic E-state index is 0.0496. The molecular weight excluding hydrogens is 192 g/mol. The van der Waals surface area contributed by atoms with E-state index in [1.165, 1.54) is 12.8 Å². The van der Waals surface area contributed by atoms with E-state index < -0.39 is 0 Å². The number of rotatable bonds is 9. The van der Waals surface area contributed by atoms with Crippen molar-refractivity contribution in [3.8, 4) is 0 Å². The van der Waals surface area contributed by atoms with E-state index >= 15 is 0 Å². The van der Waals surface area contributed by atoms with Crippen LogP contribution in [0.5, 0.6) is 0 Å². The summed E-state index contributed by atoms with van der Waals surface area (Å²) in [6.07, 6.45) is 4.89. The summed E-state index contributed by atoms with van der Waals surface area (Å²) in [6, 6.07) is 0. The van der Waals surface area contributed by atoms with Crippen molar-refractivity contribution in [1.82, 2.24) is 0 Å². The molecule has 0 spiro atoms. The number of ether oxygens (including phenoxy) is 2. The molecule has 0 saturated carbocycles. The Bertz CT molecular complexity index is 174. The second-order valence-corrected chi connectivity index (χ2v) is 3.50. The molecule has 0 aromatic rings. The van der Waals surface area contributed by atoms with Crippen LogP contribution in [0.25, 0.3) is 0 Å². The first kappa shape index (κ1) is 14.2. The van der Waals surface area contributed by atoms with Crippen molar-refractivity contribution in [2.45, 2.75) is 33.1 Å². The van der Waals surface area contributed by atoms with E-state index in [1.807, 2.05) is 0 Å². The van der Waals surface area contributed by atoms with Crippen LogP contribution >= 0.6 is 0 Å². The Balaban J connectivity index is 3.36. The summed E-state index contributed by atoms with van der Waals surface area (Å²) in [5, 5.41) is 0. The number of hydrogen-bond acceptors (Lipinski definition) is 3. The zero-order valence-electron chi connectivity index (χ0n) is 9.83. The molecule has 0 radical (unpaired) electrons. The van der Waals surface area contributed by atoms with Crippen LogP contribution in [0.15, 0.2) is 12.7 Å². The van der Waals surface area contributed by atoms with Gasteiger partial charge in [0.05, 0.1) is 0 Å². The van der Waals surface area contributed by atoms with Crippen molar-refractivity contribution in [2.75, 3.05) is 19.8 Å². The first-order chi connectivity index (χ1) is 7.24. The molecule has 0 aliphatic carbocycles. The van der Waals surface area contributed by atoms with Gasteiger partial charge in [-0.25, -0.2) is 4.79 Å². The number of carbonyl (C=O) groups is 1. The van der Waals surface area contributed by atoms with Crippen molar-refractivity contribution in [1.29, 1.82) is 0 Å². The van der Waals surface area contributed by atoms with Gasteiger partial charge in [-0.05, 0) is 12.3 Å². The van der Waals surface area contributed by atoms with Gasteiger partial charge in [0.25, 0.3) is 0 Å². The SMILES string of the molecule is C=CCOC(=O)COCCC(CC)CC. The van der Waals surface area contributed by atoms with Gasteiger partial charge in [-0.3, -0.25) is 0 Å². The van der Waals surface area contributed by atoms with E-state index in [4.69, 9.17) is 9.47 Å². The highest BCUT2D eigenvalue weighted by Crippen LogP contribution is 2.11. The van der Waals surface area contributed by atoms with Crippen molar-refractivity contribution in [3.63, 3.8) is 0 Å². The van der Waals surface area contributed by atoms with Gasteiger partial charge in [0.2, 0.25) is 0 Å². The molecule has 0 aromatic heterocycles. The van der Waals surface area contributed by atoms with E-state index in [1.54, 1.807) is 6.08 Å². The van der Waals surface area contributed by atoms with Crippen LogP contribution in [0.4, 0.5) is 0 Å². The van der Waals surface area contributed by atoms with Crippen LogP contribution in [-0.2, 0) is 14.3 Å². The topological polar surface area (TPSA) is 35.5 Å². The molecule has 88 valence electrons. The van der Waals surface area contributed by atoms with Gasteiger partial charge in [-0.15, -0.1) is 0 Å². The zero-order chi connectivity index (χ0) is 11.5. The second kappa shape index (κ2) is 9.71. The highest BCUT2D eigenvalue weighted by Gasteiger charge is 2.05. The molecule has 15 heavy (non-hydrogen) atoms. The Labute approximate surface area is 92.5 Å². The van der Waals surface area contributed by atoms with E-state index in [0.717, 1.165) is 6.42 Å². The highest BCUT2D eigenvalue weighted by atomic mass is 16.6. The van der Waals surface area contributed by atoms with Gasteiger partial charge < -0.3 is 9.47 Å². The smallest absolute Gasteiger partial charge is 0.332 e. The average Bonchev–Trinajstić information content (AvgIpc) is 2.26. The molecule has 0 saturated heterocycles. The largest absolute Gasteiger partial charge is 0.460 e. The predicted octanol–water partition coefficient (Wildman–Crippen LogP) is 2.56. The monoisotopic (exact) mass is 214 g/mol. The second-order valence-electron chi connectivity index (χ2n) is 3.50. The van der Waals surface area contributed by atoms with Gasteiger partial charge in [0.15, 0.2) is 0 Å². The van der Waals surface area contributed by atoms with E-state index in [-0.39, 0.29) is 19.2 Å². The summed E-state index contributed by atoms with van der Waals surface area (Å²) in [7, 11) is 0. The first-order valence-corrected chi connectivity index (χ1v) is 5.58. The van der Waals surface area contributed by atoms with Gasteiger partial charge in [-0.1, -0.05) is 39.3 Å². The Hall–Kier alpha value is -0.830. The lowest BCUT2D eigenvalue weighted by Gasteiger charge is -2.11. The third kappa shape index (κ3) is 8.18. The van der Waals surface area contributed by atoms with Crippen LogP contribution in [-0.4, -0.2) is 25.8 Å². The maximum Gasteiger partial charge on any atom is 0.332 e. The van der Waals surface area contributed by atoms with Crippen molar-refractivity contribution in [3.05, 3.63) is 12.7 Å². The van der Waals surface area contributed by atoms with Gasteiger partial charge >= 0.3 is 5.97 Å². The number of hydrogen-bond donors (Lipinski definition) is 0. The van der Waals surface area contributed by atoms with Gasteiger partial charge in [0, 0.05) is 6.61 Å². The fourth-order valence-electron chi connectivity index (χ4n) is 1.30. The average molecular weight is 214 g/mol. The Morgan fingerprint density at radius 1 is 1.40 bits per heavy atom. The van der Waals surface area contributed by atoms with Crippen molar-refractivity contribution in [2.24, 2.45) is 5.92 Å². The van der Waals surface area contributed by atoms with E-state index in [0.29, 0.717) is 12.5 Å². The molecule has 0 aliphatic heterocycles. The maximum absolute atomic E-state index is 11.0. The Morgan fingerprint density at radius 3 is 2.60 bits per heavy atom. The summed E-state index contributed by atoms with van der Waals surface area (Å²) < 4.78 is 9.99. The van der Waals surface area contributed by atoms with Gasteiger partial charge in [0.1, 0.15) is 13.2 Å². The summed E-state index contributed by atoms with van der Waals surface area (Å²) >= 11 is 0. The summed E-state index contributed by atoms with van der Waals surface area (Å²) in [6.45, 7) is 8.75. The van der Waals surface area contributed by atoms with Crippen molar-refractivity contribution >= 4 is 5.97 Å². The third-order valence-electron chi connectivity index (χ3n) is 2.41. The fourth-order valence-corrected chi connectivity index (χ4v) is 1.30. The molecule has 0 N–H and O–H groups in total. The molecule has 0 fully saturated rings. The lowest BCUT2D eigenvalue weighted by Crippen LogP contribution is -2.14. The lowest BCUT2D eigenvalue weighted by molar-refractivity contribution is -0.147. The molecule has 0 bridgehead atoms. The van der Waals surface area contributed by atoms with Crippen molar-refractivity contribution < 1.29 is 14.3 Å². The molecule has 3 heteroatoms. The molecule has 0 unspecified atom stereocenters. The molecular formula is C12H22O3. The summed E-state index contributed by atoms with van der Waals surface area (Å²) in [5.41, 5.74) is 0. The molecule has 0 atom stereocenters. The number of esters is 1. The van der Waals surface area contributed by atoms with Gasteiger partial charge in [-0.2, -0.15) is 0 Å². The molecule has 0 amide bonds. The molecule has 0 heterocycles. The van der Waals surface area contributed by atoms with Crippen LogP contribution in [0, 0.1) is 5.92 Å². The third-order valence-corrected chi connectivity index (χ3v) is 2.41. The molecule has 0 rings (SSSR count). The number of carbonyl (C=O) groups excluding carboxylic acids is 1. The van der Waals surface area contributed by atoms with Crippen LogP contribution in [0.1, 0.15) is 33.1 Å². The Morgan fingerprint density at radius 2 is 2.07 bits per heavy atom. The predicted molar refractivity (Wildman–Crippen MR) is 60.7 cm³/mol. The van der Waals surface area contributed by atoms with Crippen LogP contribution < -0.4 is 0 Å². The summed E-state index contributed by atoms with van der Waals surface area (Å²) in [5.74, 6) is 0.383. The lowest BCUT2D eigenvalue weighted by atomic mass is 10.0. The normalized spacial score (nSPS) is 10.3. The highest BCUT2D eigenvalue weighted by molar-refractivity contribution is 5.70.